The van der Waals surface area contributed by atoms with Crippen molar-refractivity contribution in [3.63, 3.8) is 0 Å². The highest BCUT2D eigenvalue weighted by molar-refractivity contribution is 7.90. The first-order valence-electron chi connectivity index (χ1n) is 12.3. The van der Waals surface area contributed by atoms with Crippen molar-refractivity contribution in [3.8, 4) is 5.75 Å². The summed E-state index contributed by atoms with van der Waals surface area (Å²) in [7, 11) is -4.86. The van der Waals surface area contributed by atoms with Crippen LogP contribution in [0.25, 0.3) is 0 Å². The minimum atomic E-state index is -4.86. The predicted octanol–water partition coefficient (Wildman–Crippen LogP) is 4.47. The van der Waals surface area contributed by atoms with Crippen LogP contribution in [0.4, 0.5) is 13.2 Å². The molecule has 0 unspecified atom stereocenters. The lowest BCUT2D eigenvalue weighted by Gasteiger charge is -2.23. The third-order valence-corrected chi connectivity index (χ3v) is 7.06. The molecule has 2 aromatic rings. The van der Waals surface area contributed by atoms with Crippen LogP contribution in [-0.4, -0.2) is 50.9 Å². The number of carbonyl (C=O) groups is 1. The Bertz CT molecular complexity index is 1290. The first-order chi connectivity index (χ1) is 17.2. The third kappa shape index (κ3) is 5.22. The molecule has 4 rings (SSSR count). The van der Waals surface area contributed by atoms with Crippen molar-refractivity contribution < 1.29 is 40.0 Å². The number of alkyl halides is 3. The Hall–Kier alpha value is -2.59. The van der Waals surface area contributed by atoms with E-state index in [1.165, 1.54) is 4.90 Å². The molecular formula is C24H26F3NO5S. The Morgan fingerprint density at radius 1 is 1.15 bits per heavy atom. The molecule has 0 radical (unpaired) electrons. The van der Waals surface area contributed by atoms with E-state index in [1.54, 1.807) is 0 Å². The highest BCUT2D eigenvalue weighted by atomic mass is 32.2. The summed E-state index contributed by atoms with van der Waals surface area (Å²) in [6, 6.07) is 8.41. The molecule has 2 aliphatic rings. The Morgan fingerprint density at radius 2 is 1.85 bits per heavy atom. The van der Waals surface area contributed by atoms with Gasteiger partial charge in [-0.05, 0) is 60.6 Å². The second kappa shape index (κ2) is 9.22. The number of hydrogen-bond acceptors (Lipinski definition) is 5. The van der Waals surface area contributed by atoms with Gasteiger partial charge in [-0.15, -0.1) is 0 Å². The first-order valence-corrected chi connectivity index (χ1v) is 12.3. The summed E-state index contributed by atoms with van der Waals surface area (Å²) in [4.78, 5) is 14.2. The molecule has 6 nitrogen and oxygen atoms in total. The summed E-state index contributed by atoms with van der Waals surface area (Å²) in [5.41, 5.74) is 2.40. The molecule has 10 heteroatoms. The number of hydrogen-bond donors (Lipinski definition) is 0. The summed E-state index contributed by atoms with van der Waals surface area (Å²) in [5, 5.41) is 0. The number of benzene rings is 2. The van der Waals surface area contributed by atoms with Crippen molar-refractivity contribution in [1.29, 1.82) is 0 Å². The number of nitrogens with zero attached hydrogens (tertiary/aromatic N) is 1. The molecule has 0 spiro atoms. The second-order valence-corrected chi connectivity index (χ2v) is 10.0. The molecule has 184 valence electrons. The Kier molecular flexibility index (Phi) is 5.63. The highest BCUT2D eigenvalue weighted by Crippen LogP contribution is 2.34. The molecule has 0 aliphatic carbocycles. The van der Waals surface area contributed by atoms with E-state index in [0.717, 1.165) is 54.7 Å². The molecule has 2 aromatic carbocycles. The van der Waals surface area contributed by atoms with E-state index in [-0.39, 0.29) is 13.1 Å². The van der Waals surface area contributed by atoms with Crippen molar-refractivity contribution >= 4 is 15.7 Å². The molecular weight excluding hydrogens is 471 g/mol. The molecule has 0 aromatic heterocycles. The number of ether oxygens (including phenoxy) is 2. The van der Waals surface area contributed by atoms with Crippen LogP contribution in [0.15, 0.2) is 41.3 Å². The molecule has 0 saturated carbocycles. The van der Waals surface area contributed by atoms with E-state index < -0.39 is 50.4 Å². The topological polar surface area (TPSA) is 72.9 Å². The Morgan fingerprint density at radius 3 is 2.53 bits per heavy atom. The maximum Gasteiger partial charge on any atom is 0.425 e. The zero-order valence-electron chi connectivity index (χ0n) is 21.4. The van der Waals surface area contributed by atoms with E-state index in [9.17, 15) is 26.4 Å². The summed E-state index contributed by atoms with van der Waals surface area (Å²) >= 11 is 0. The van der Waals surface area contributed by atoms with E-state index >= 15 is 0 Å². The number of halogens is 3. The minimum Gasteiger partial charge on any atom is -0.480 e. The molecule has 1 amide bonds. The van der Waals surface area contributed by atoms with Crippen molar-refractivity contribution in [2.24, 2.45) is 0 Å². The maximum absolute atomic E-state index is 13.5. The molecule has 34 heavy (non-hydrogen) atoms. The highest BCUT2D eigenvalue weighted by Gasteiger charge is 2.39. The molecule has 2 heterocycles. The molecule has 1 fully saturated rings. The maximum atomic E-state index is 13.5. The van der Waals surface area contributed by atoms with Gasteiger partial charge in [0.2, 0.25) is 0 Å². The van der Waals surface area contributed by atoms with Gasteiger partial charge in [0.05, 0.1) is 10.5 Å². The number of carbonyl (C=O) groups excluding carboxylic acids is 1. The predicted molar refractivity (Wildman–Crippen MR) is 119 cm³/mol. The monoisotopic (exact) mass is 503 g/mol. The average molecular weight is 504 g/mol. The molecule has 1 saturated heterocycles. The second-order valence-electron chi connectivity index (χ2n) is 8.54. The van der Waals surface area contributed by atoms with Crippen LogP contribution < -0.4 is 4.74 Å². The van der Waals surface area contributed by atoms with Gasteiger partial charge < -0.3 is 14.4 Å². The van der Waals surface area contributed by atoms with Crippen LogP contribution in [-0.2, 0) is 27.7 Å². The molecule has 0 N–H and O–H groups in total. The number of sulfone groups is 1. The first kappa shape index (κ1) is 20.8. The van der Waals surface area contributed by atoms with Crippen LogP contribution in [0, 0.1) is 0 Å². The fourth-order valence-electron chi connectivity index (χ4n) is 4.22. The van der Waals surface area contributed by atoms with Crippen molar-refractivity contribution in [2.75, 3.05) is 19.4 Å². The normalized spacial score (nSPS) is 19.6. The van der Waals surface area contributed by atoms with Gasteiger partial charge in [0.15, 0.2) is 15.9 Å². The zero-order valence-corrected chi connectivity index (χ0v) is 19.2. The summed E-state index contributed by atoms with van der Waals surface area (Å²) in [6.45, 7) is 2.41. The van der Waals surface area contributed by atoms with Gasteiger partial charge >= 0.3 is 6.18 Å². The van der Waals surface area contributed by atoms with Crippen LogP contribution >= 0.6 is 0 Å². The summed E-state index contributed by atoms with van der Waals surface area (Å²) in [6.07, 6.45) is -8.69. The lowest BCUT2D eigenvalue weighted by molar-refractivity contribution is -0.189. The van der Waals surface area contributed by atoms with E-state index in [2.05, 4.69) is 0 Å². The van der Waals surface area contributed by atoms with E-state index in [1.807, 2.05) is 18.2 Å². The van der Waals surface area contributed by atoms with Crippen LogP contribution in [0.5, 0.6) is 5.75 Å². The van der Waals surface area contributed by atoms with Gasteiger partial charge in [-0.3, -0.25) is 4.79 Å². The fraction of sp³-hybridized carbons (Fsp3) is 0.458. The number of amides is 1. The SMILES string of the molecule is [3H]C([3H])([3H])S(=O)(=O)c1ccc(O[C@@H](C)C(F)(F)F)c(C(=O)N2Cc3ccc(C4CCOCC4)cc3C2)c1. The smallest absolute Gasteiger partial charge is 0.425 e. The zero-order chi connectivity index (χ0) is 27.2. The lowest BCUT2D eigenvalue weighted by Crippen LogP contribution is -2.32. The lowest BCUT2D eigenvalue weighted by atomic mass is 9.90. The third-order valence-electron chi connectivity index (χ3n) is 6.19. The van der Waals surface area contributed by atoms with Crippen molar-refractivity contribution in [1.82, 2.24) is 4.90 Å². The number of fused-ring (bicyclic) bond motifs is 1. The van der Waals surface area contributed by atoms with Gasteiger partial charge in [0.25, 0.3) is 5.91 Å². The quantitative estimate of drug-likeness (QED) is 0.602. The van der Waals surface area contributed by atoms with Gasteiger partial charge in [-0.25, -0.2) is 8.42 Å². The van der Waals surface area contributed by atoms with Gasteiger partial charge in [-0.2, -0.15) is 13.2 Å². The Labute approximate surface area is 200 Å². The van der Waals surface area contributed by atoms with Gasteiger partial charge in [-0.1, -0.05) is 18.2 Å². The van der Waals surface area contributed by atoms with Crippen LogP contribution in [0.2, 0.25) is 0 Å². The summed E-state index contributed by atoms with van der Waals surface area (Å²) < 4.78 is 96.9. The average Bonchev–Trinajstić information content (AvgIpc) is 3.26. The molecule has 2 aliphatic heterocycles. The fourth-order valence-corrected chi connectivity index (χ4v) is 4.74. The minimum absolute atomic E-state index is 0.159. The molecule has 1 atom stereocenters. The van der Waals surface area contributed by atoms with Crippen LogP contribution in [0.3, 0.4) is 0 Å². The number of rotatable bonds is 5. The van der Waals surface area contributed by atoms with Crippen LogP contribution in [0.1, 0.15) is 56.8 Å². The van der Waals surface area contributed by atoms with Gasteiger partial charge in [0.1, 0.15) is 5.75 Å². The summed E-state index contributed by atoms with van der Waals surface area (Å²) in [5.74, 6) is -0.927. The van der Waals surface area contributed by atoms with Crippen molar-refractivity contribution in [3.05, 3.63) is 58.7 Å². The van der Waals surface area contributed by atoms with Crippen molar-refractivity contribution in [2.45, 2.75) is 55.9 Å². The van der Waals surface area contributed by atoms with Gasteiger partial charge in [0, 0.05) is 36.6 Å². The molecule has 0 bridgehead atoms. The van der Waals surface area contributed by atoms with E-state index in [0.29, 0.717) is 19.1 Å². The largest absolute Gasteiger partial charge is 0.480 e. The Balaban J connectivity index is 1.66. The van der Waals surface area contributed by atoms with E-state index in [4.69, 9.17) is 13.6 Å². The standard InChI is InChI=1S/C24H26F3NO5S/c1-15(24(25,26)27)33-22-6-5-20(34(2,30)31)12-21(22)23(29)28-13-18-4-3-17(11-19(18)14-28)16-7-9-32-10-8-16/h3-6,11-12,15-16H,7-10,13-14H2,1-2H3/t15-/m0/s1/i2T3.